The molecule has 0 unspecified atom stereocenters. The molecule has 0 aliphatic carbocycles. The number of thiazole rings is 1. The highest BCUT2D eigenvalue weighted by molar-refractivity contribution is 7.16. The molecule has 1 aromatic heterocycles. The van der Waals surface area contributed by atoms with Crippen molar-refractivity contribution in [3.05, 3.63) is 57.9 Å². The number of nitrogens with zero attached hydrogens (tertiary/aromatic N) is 2. The monoisotopic (exact) mass is 398 g/mol. The minimum Gasteiger partial charge on any atom is -0.497 e. The Morgan fingerprint density at radius 2 is 1.82 bits per heavy atom. The molecule has 0 saturated heterocycles. The number of rotatable bonds is 5. The van der Waals surface area contributed by atoms with E-state index in [1.165, 1.54) is 18.4 Å². The van der Waals surface area contributed by atoms with Crippen LogP contribution in [0.4, 0.5) is 0 Å². The van der Waals surface area contributed by atoms with E-state index < -0.39 is 0 Å². The standard InChI is InChI=1S/C21H22N2O4S/c1-13-9-14(2)20-17(10-13)23(12-19(25)27-4)21(28-20)22-18(24)11-15-5-7-16(26-3)8-6-15/h5-10H,11-12H2,1-4H3. The number of hydrogen-bond donors (Lipinski definition) is 0. The van der Waals surface area contributed by atoms with E-state index in [4.69, 9.17) is 9.47 Å². The van der Waals surface area contributed by atoms with Gasteiger partial charge < -0.3 is 14.0 Å². The normalized spacial score (nSPS) is 11.6. The summed E-state index contributed by atoms with van der Waals surface area (Å²) in [4.78, 5) is 29.2. The van der Waals surface area contributed by atoms with Crippen LogP contribution in [-0.2, 0) is 27.3 Å². The average Bonchev–Trinajstić information content (AvgIpc) is 2.99. The molecule has 1 heterocycles. The summed E-state index contributed by atoms with van der Waals surface area (Å²) >= 11 is 1.40. The molecule has 0 aliphatic rings. The summed E-state index contributed by atoms with van der Waals surface area (Å²) in [6.07, 6.45) is 0.175. The number of hydrogen-bond acceptors (Lipinski definition) is 5. The second-order valence-corrected chi connectivity index (χ2v) is 7.48. The molecular formula is C21H22N2O4S. The smallest absolute Gasteiger partial charge is 0.325 e. The largest absolute Gasteiger partial charge is 0.497 e. The first kappa shape index (κ1) is 19.8. The van der Waals surface area contributed by atoms with Gasteiger partial charge in [-0.15, -0.1) is 0 Å². The fourth-order valence-corrected chi connectivity index (χ4v) is 4.11. The van der Waals surface area contributed by atoms with Gasteiger partial charge in [-0.1, -0.05) is 29.5 Å². The number of ether oxygens (including phenoxy) is 2. The zero-order valence-corrected chi connectivity index (χ0v) is 17.1. The Labute approximate surface area is 167 Å². The second-order valence-electron chi connectivity index (χ2n) is 6.51. The molecular weight excluding hydrogens is 376 g/mol. The van der Waals surface area contributed by atoms with E-state index in [2.05, 4.69) is 11.1 Å². The number of amides is 1. The Balaban J connectivity index is 2.01. The van der Waals surface area contributed by atoms with Crippen LogP contribution < -0.4 is 9.54 Å². The Hall–Kier alpha value is -2.93. The lowest BCUT2D eigenvalue weighted by Crippen LogP contribution is -2.22. The SMILES string of the molecule is COC(=O)Cn1c(=NC(=O)Cc2ccc(OC)cc2)sc2c(C)cc(C)cc21. The van der Waals surface area contributed by atoms with Gasteiger partial charge in [0.1, 0.15) is 12.3 Å². The number of aryl methyl sites for hydroxylation is 2. The summed E-state index contributed by atoms with van der Waals surface area (Å²) in [5.41, 5.74) is 3.89. The summed E-state index contributed by atoms with van der Waals surface area (Å²) in [5, 5.41) is 0. The maximum Gasteiger partial charge on any atom is 0.325 e. The van der Waals surface area contributed by atoms with Gasteiger partial charge >= 0.3 is 5.97 Å². The van der Waals surface area contributed by atoms with Gasteiger partial charge in [0.2, 0.25) is 0 Å². The summed E-state index contributed by atoms with van der Waals surface area (Å²) < 4.78 is 12.7. The van der Waals surface area contributed by atoms with Crippen molar-refractivity contribution in [1.82, 2.24) is 4.57 Å². The third-order valence-electron chi connectivity index (χ3n) is 4.36. The highest BCUT2D eigenvalue weighted by atomic mass is 32.1. The van der Waals surface area contributed by atoms with Crippen LogP contribution >= 0.6 is 11.3 Å². The molecule has 146 valence electrons. The number of fused-ring (bicyclic) bond motifs is 1. The van der Waals surface area contributed by atoms with E-state index in [0.717, 1.165) is 32.7 Å². The van der Waals surface area contributed by atoms with Crippen LogP contribution in [0.15, 0.2) is 41.4 Å². The van der Waals surface area contributed by atoms with E-state index >= 15 is 0 Å². The lowest BCUT2D eigenvalue weighted by molar-refractivity contribution is -0.141. The number of carbonyl (C=O) groups is 2. The zero-order chi connectivity index (χ0) is 20.3. The van der Waals surface area contributed by atoms with Crippen molar-refractivity contribution in [2.24, 2.45) is 4.99 Å². The van der Waals surface area contributed by atoms with Crippen molar-refractivity contribution in [2.45, 2.75) is 26.8 Å². The number of methoxy groups -OCH3 is 2. The van der Waals surface area contributed by atoms with Gasteiger partial charge in [0, 0.05) is 0 Å². The first-order valence-corrected chi connectivity index (χ1v) is 9.61. The minimum atomic E-state index is -0.386. The lowest BCUT2D eigenvalue weighted by Gasteiger charge is -2.05. The summed E-state index contributed by atoms with van der Waals surface area (Å²) in [6, 6.07) is 11.4. The molecule has 2 aromatic carbocycles. The van der Waals surface area contributed by atoms with Crippen molar-refractivity contribution in [2.75, 3.05) is 14.2 Å². The third-order valence-corrected chi connectivity index (χ3v) is 5.59. The molecule has 28 heavy (non-hydrogen) atoms. The topological polar surface area (TPSA) is 69.9 Å². The van der Waals surface area contributed by atoms with Crippen LogP contribution in [0.1, 0.15) is 16.7 Å². The molecule has 6 nitrogen and oxygen atoms in total. The number of benzene rings is 2. The van der Waals surface area contributed by atoms with Crippen molar-refractivity contribution in [3.63, 3.8) is 0 Å². The molecule has 3 aromatic rings. The minimum absolute atomic E-state index is 0.00798. The van der Waals surface area contributed by atoms with Gasteiger partial charge in [0.15, 0.2) is 4.80 Å². The highest BCUT2D eigenvalue weighted by Gasteiger charge is 2.14. The molecule has 1 amide bonds. The van der Waals surface area contributed by atoms with Crippen molar-refractivity contribution in [1.29, 1.82) is 0 Å². The van der Waals surface area contributed by atoms with Crippen LogP contribution in [-0.4, -0.2) is 30.7 Å². The Kier molecular flexibility index (Phi) is 5.94. The van der Waals surface area contributed by atoms with Gasteiger partial charge in [-0.05, 0) is 48.7 Å². The van der Waals surface area contributed by atoms with Gasteiger partial charge in [-0.3, -0.25) is 9.59 Å². The molecule has 0 radical (unpaired) electrons. The number of esters is 1. The maximum atomic E-state index is 12.6. The van der Waals surface area contributed by atoms with Crippen molar-refractivity contribution >= 4 is 33.4 Å². The van der Waals surface area contributed by atoms with Crippen LogP contribution in [0.3, 0.4) is 0 Å². The molecule has 0 N–H and O–H groups in total. The average molecular weight is 398 g/mol. The summed E-state index contributed by atoms with van der Waals surface area (Å²) in [5.74, 6) is 0.0760. The number of carbonyl (C=O) groups excluding carboxylic acids is 2. The molecule has 0 aliphatic heterocycles. The zero-order valence-electron chi connectivity index (χ0n) is 16.3. The molecule has 3 rings (SSSR count). The second kappa shape index (κ2) is 8.39. The molecule has 0 spiro atoms. The molecule has 0 fully saturated rings. The first-order valence-electron chi connectivity index (χ1n) is 8.79. The first-order chi connectivity index (χ1) is 13.4. The molecule has 7 heteroatoms. The van der Waals surface area contributed by atoms with Crippen LogP contribution in [0.5, 0.6) is 5.75 Å². The van der Waals surface area contributed by atoms with Crippen molar-refractivity contribution in [3.8, 4) is 5.75 Å². The summed E-state index contributed by atoms with van der Waals surface area (Å²) in [7, 11) is 2.94. The summed E-state index contributed by atoms with van der Waals surface area (Å²) in [6.45, 7) is 4.02. The van der Waals surface area contributed by atoms with Crippen LogP contribution in [0, 0.1) is 13.8 Å². The van der Waals surface area contributed by atoms with E-state index in [-0.39, 0.29) is 24.8 Å². The van der Waals surface area contributed by atoms with Crippen LogP contribution in [0.2, 0.25) is 0 Å². The Morgan fingerprint density at radius 3 is 2.46 bits per heavy atom. The van der Waals surface area contributed by atoms with Gasteiger partial charge in [0.05, 0.1) is 30.9 Å². The highest BCUT2D eigenvalue weighted by Crippen LogP contribution is 2.23. The third kappa shape index (κ3) is 4.31. The van der Waals surface area contributed by atoms with Crippen LogP contribution in [0.25, 0.3) is 10.2 Å². The van der Waals surface area contributed by atoms with E-state index in [1.807, 2.05) is 44.2 Å². The van der Waals surface area contributed by atoms with Gasteiger partial charge in [0.25, 0.3) is 5.91 Å². The molecule has 0 atom stereocenters. The van der Waals surface area contributed by atoms with Crippen molar-refractivity contribution < 1.29 is 19.1 Å². The fraction of sp³-hybridized carbons (Fsp3) is 0.286. The van der Waals surface area contributed by atoms with E-state index in [0.29, 0.717) is 4.80 Å². The Bertz CT molecular complexity index is 1090. The predicted molar refractivity (Wildman–Crippen MR) is 109 cm³/mol. The quantitative estimate of drug-likeness (QED) is 0.619. The molecule has 0 bridgehead atoms. The van der Waals surface area contributed by atoms with Gasteiger partial charge in [-0.2, -0.15) is 4.99 Å². The van der Waals surface area contributed by atoms with E-state index in [1.54, 1.807) is 11.7 Å². The molecule has 0 saturated carbocycles. The predicted octanol–water partition coefficient (Wildman–Crippen LogP) is 3.17. The van der Waals surface area contributed by atoms with Gasteiger partial charge in [-0.25, -0.2) is 0 Å². The number of aromatic nitrogens is 1. The Morgan fingerprint density at radius 1 is 1.11 bits per heavy atom. The lowest BCUT2D eigenvalue weighted by atomic mass is 10.1. The van der Waals surface area contributed by atoms with E-state index in [9.17, 15) is 9.59 Å². The maximum absolute atomic E-state index is 12.6. The fourth-order valence-electron chi connectivity index (χ4n) is 3.01.